The molecule has 0 aliphatic rings. The number of halogens is 3. The molecular formula is C14H19F2IN6. The number of aliphatic imine (C=N–C) groups is 1. The standard InChI is InChI=1S/C14H18F2N6.HI/c1-9(11-5-4-10(15)6-12(11)16)21-14(17-2)18-7-13-19-8-20-22(13)3;/h4-6,8-9H,7H2,1-3H3,(H2,17,18,21);1H. The number of nitrogens with one attached hydrogen (secondary N) is 2. The van der Waals surface area contributed by atoms with Crippen LogP contribution in [0.3, 0.4) is 0 Å². The number of hydrogen-bond donors (Lipinski definition) is 2. The normalized spacial score (nSPS) is 12.5. The van der Waals surface area contributed by atoms with Crippen molar-refractivity contribution in [3.63, 3.8) is 0 Å². The Bertz CT molecular complexity index is 673. The van der Waals surface area contributed by atoms with Crippen molar-refractivity contribution >= 4 is 29.9 Å². The van der Waals surface area contributed by atoms with Crippen LogP contribution in [0.15, 0.2) is 29.5 Å². The van der Waals surface area contributed by atoms with Gasteiger partial charge in [-0.25, -0.2) is 13.8 Å². The summed E-state index contributed by atoms with van der Waals surface area (Å²) in [5, 5.41) is 10.1. The summed E-state index contributed by atoms with van der Waals surface area (Å²) in [5.41, 5.74) is 0.364. The first kappa shape index (κ1) is 19.3. The van der Waals surface area contributed by atoms with Crippen LogP contribution in [-0.2, 0) is 13.6 Å². The first-order chi connectivity index (χ1) is 10.5. The highest BCUT2D eigenvalue weighted by Crippen LogP contribution is 2.17. The molecule has 0 spiro atoms. The van der Waals surface area contributed by atoms with Gasteiger partial charge in [-0.1, -0.05) is 6.07 Å². The maximum atomic E-state index is 13.8. The molecule has 0 radical (unpaired) electrons. The Morgan fingerprint density at radius 1 is 1.39 bits per heavy atom. The molecule has 2 N–H and O–H groups in total. The van der Waals surface area contributed by atoms with Crippen LogP contribution in [0.4, 0.5) is 8.78 Å². The zero-order valence-electron chi connectivity index (χ0n) is 13.0. The number of nitrogens with zero attached hydrogens (tertiary/aromatic N) is 4. The Morgan fingerprint density at radius 2 is 2.13 bits per heavy atom. The van der Waals surface area contributed by atoms with Gasteiger partial charge in [-0.2, -0.15) is 5.10 Å². The Hall–Kier alpha value is -1.78. The van der Waals surface area contributed by atoms with Gasteiger partial charge < -0.3 is 10.6 Å². The Morgan fingerprint density at radius 3 is 2.70 bits per heavy atom. The molecule has 9 heteroatoms. The van der Waals surface area contributed by atoms with Crippen molar-refractivity contribution in [2.75, 3.05) is 7.05 Å². The van der Waals surface area contributed by atoms with E-state index in [4.69, 9.17) is 0 Å². The van der Waals surface area contributed by atoms with Crippen molar-refractivity contribution in [3.8, 4) is 0 Å². The van der Waals surface area contributed by atoms with Crippen LogP contribution in [0.1, 0.15) is 24.4 Å². The minimum atomic E-state index is -0.599. The van der Waals surface area contributed by atoms with E-state index in [1.54, 1.807) is 25.7 Å². The zero-order valence-corrected chi connectivity index (χ0v) is 15.4. The second-order valence-corrected chi connectivity index (χ2v) is 4.76. The van der Waals surface area contributed by atoms with E-state index in [1.165, 1.54) is 18.5 Å². The molecule has 0 saturated heterocycles. The molecule has 2 aromatic rings. The lowest BCUT2D eigenvalue weighted by atomic mass is 10.1. The predicted octanol–water partition coefficient (Wildman–Crippen LogP) is 2.14. The number of benzene rings is 1. The van der Waals surface area contributed by atoms with E-state index in [0.29, 0.717) is 18.1 Å². The van der Waals surface area contributed by atoms with Gasteiger partial charge in [0.05, 0.1) is 12.6 Å². The Kier molecular flexibility index (Phi) is 7.33. The van der Waals surface area contributed by atoms with Gasteiger partial charge >= 0.3 is 0 Å². The van der Waals surface area contributed by atoms with E-state index in [-0.39, 0.29) is 30.0 Å². The van der Waals surface area contributed by atoms with Crippen LogP contribution in [0.2, 0.25) is 0 Å². The molecule has 0 bridgehead atoms. The highest BCUT2D eigenvalue weighted by atomic mass is 127. The number of guanidine groups is 1. The monoisotopic (exact) mass is 436 g/mol. The summed E-state index contributed by atoms with van der Waals surface area (Å²) >= 11 is 0. The molecule has 126 valence electrons. The molecule has 0 saturated carbocycles. The van der Waals surface area contributed by atoms with E-state index >= 15 is 0 Å². The van der Waals surface area contributed by atoms with Crippen LogP contribution in [0.25, 0.3) is 0 Å². The van der Waals surface area contributed by atoms with Gasteiger partial charge in [0, 0.05) is 25.7 Å². The summed E-state index contributed by atoms with van der Waals surface area (Å²) in [7, 11) is 3.40. The summed E-state index contributed by atoms with van der Waals surface area (Å²) in [5.74, 6) is 0.0322. The molecule has 0 aliphatic carbocycles. The predicted molar refractivity (Wildman–Crippen MR) is 94.5 cm³/mol. The maximum absolute atomic E-state index is 13.8. The van der Waals surface area contributed by atoms with E-state index in [1.807, 2.05) is 0 Å². The van der Waals surface area contributed by atoms with Gasteiger partial charge in [-0.05, 0) is 13.0 Å². The Balaban J connectivity index is 0.00000264. The molecule has 6 nitrogen and oxygen atoms in total. The molecule has 1 atom stereocenters. The summed E-state index contributed by atoms with van der Waals surface area (Å²) in [4.78, 5) is 8.16. The lowest BCUT2D eigenvalue weighted by Crippen LogP contribution is -2.39. The average molecular weight is 436 g/mol. The maximum Gasteiger partial charge on any atom is 0.191 e. The largest absolute Gasteiger partial charge is 0.350 e. The lowest BCUT2D eigenvalue weighted by Gasteiger charge is -2.18. The molecule has 1 aromatic heterocycles. The second-order valence-electron chi connectivity index (χ2n) is 4.76. The van der Waals surface area contributed by atoms with E-state index in [0.717, 1.165) is 11.9 Å². The average Bonchev–Trinajstić information content (AvgIpc) is 2.88. The summed E-state index contributed by atoms with van der Waals surface area (Å²) in [6.07, 6.45) is 1.46. The highest BCUT2D eigenvalue weighted by molar-refractivity contribution is 14.0. The van der Waals surface area contributed by atoms with Crippen LogP contribution < -0.4 is 10.6 Å². The van der Waals surface area contributed by atoms with Gasteiger partial charge in [-0.3, -0.25) is 9.67 Å². The fourth-order valence-electron chi connectivity index (χ4n) is 1.97. The Labute approximate surface area is 150 Å². The van der Waals surface area contributed by atoms with Gasteiger partial charge in [0.25, 0.3) is 0 Å². The van der Waals surface area contributed by atoms with Crippen LogP contribution in [-0.4, -0.2) is 27.8 Å². The third-order valence-electron chi connectivity index (χ3n) is 3.22. The van der Waals surface area contributed by atoms with Crippen LogP contribution in [0.5, 0.6) is 0 Å². The van der Waals surface area contributed by atoms with Crippen molar-refractivity contribution in [1.82, 2.24) is 25.4 Å². The van der Waals surface area contributed by atoms with Crippen molar-refractivity contribution < 1.29 is 8.78 Å². The molecule has 0 aliphatic heterocycles. The van der Waals surface area contributed by atoms with Gasteiger partial charge in [-0.15, -0.1) is 24.0 Å². The number of aryl methyl sites for hydroxylation is 1. The van der Waals surface area contributed by atoms with Gasteiger partial charge in [0.1, 0.15) is 23.8 Å². The van der Waals surface area contributed by atoms with E-state index < -0.39 is 11.6 Å². The molecule has 0 amide bonds. The lowest BCUT2D eigenvalue weighted by molar-refractivity contribution is 0.550. The summed E-state index contributed by atoms with van der Waals surface area (Å²) in [6, 6.07) is 3.14. The van der Waals surface area contributed by atoms with Crippen molar-refractivity contribution in [1.29, 1.82) is 0 Å². The molecule has 1 unspecified atom stereocenters. The number of hydrogen-bond acceptors (Lipinski definition) is 3. The van der Waals surface area contributed by atoms with E-state index in [2.05, 4.69) is 25.7 Å². The fourth-order valence-corrected chi connectivity index (χ4v) is 1.97. The third-order valence-corrected chi connectivity index (χ3v) is 3.22. The summed E-state index contributed by atoms with van der Waals surface area (Å²) in [6.45, 7) is 2.19. The van der Waals surface area contributed by atoms with Crippen molar-refractivity contribution in [3.05, 3.63) is 47.5 Å². The summed E-state index contributed by atoms with van der Waals surface area (Å²) < 4.78 is 28.3. The first-order valence-electron chi connectivity index (χ1n) is 6.76. The molecule has 2 rings (SSSR count). The molecular weight excluding hydrogens is 417 g/mol. The molecule has 1 aromatic carbocycles. The second kappa shape index (κ2) is 8.75. The van der Waals surface area contributed by atoms with Crippen LogP contribution in [0, 0.1) is 11.6 Å². The van der Waals surface area contributed by atoms with Crippen LogP contribution >= 0.6 is 24.0 Å². The quantitative estimate of drug-likeness (QED) is 0.438. The van der Waals surface area contributed by atoms with Crippen molar-refractivity contribution in [2.24, 2.45) is 12.0 Å². The fraction of sp³-hybridized carbons (Fsp3) is 0.357. The van der Waals surface area contributed by atoms with Crippen molar-refractivity contribution in [2.45, 2.75) is 19.5 Å². The number of aromatic nitrogens is 3. The zero-order chi connectivity index (χ0) is 16.1. The number of rotatable bonds is 4. The van der Waals surface area contributed by atoms with Gasteiger partial charge in [0.2, 0.25) is 0 Å². The first-order valence-corrected chi connectivity index (χ1v) is 6.76. The molecule has 23 heavy (non-hydrogen) atoms. The highest BCUT2D eigenvalue weighted by Gasteiger charge is 2.13. The molecule has 0 fully saturated rings. The minimum Gasteiger partial charge on any atom is -0.350 e. The SMILES string of the molecule is CN=C(NCc1ncnn1C)NC(C)c1ccc(F)cc1F.I. The minimum absolute atomic E-state index is 0. The topological polar surface area (TPSA) is 67.1 Å². The third kappa shape index (κ3) is 5.12. The van der Waals surface area contributed by atoms with E-state index in [9.17, 15) is 8.78 Å². The molecule has 1 heterocycles. The van der Waals surface area contributed by atoms with Gasteiger partial charge in [0.15, 0.2) is 5.96 Å². The smallest absolute Gasteiger partial charge is 0.191 e.